The summed E-state index contributed by atoms with van der Waals surface area (Å²) in [6.45, 7) is 1.70. The minimum atomic E-state index is -0.153. The molecule has 3 aromatic rings. The van der Waals surface area contributed by atoms with Crippen molar-refractivity contribution in [3.63, 3.8) is 0 Å². The fourth-order valence-corrected chi connectivity index (χ4v) is 3.66. The molecule has 108 valence electrons. The van der Waals surface area contributed by atoms with Crippen LogP contribution in [0.15, 0.2) is 53.2 Å². The van der Waals surface area contributed by atoms with Gasteiger partial charge in [-0.15, -0.1) is 22.7 Å². The topological polar surface area (TPSA) is 12.0 Å². The van der Waals surface area contributed by atoms with Gasteiger partial charge < -0.3 is 5.32 Å². The number of rotatable bonds is 6. The van der Waals surface area contributed by atoms with Gasteiger partial charge in [0.25, 0.3) is 0 Å². The number of nitrogens with one attached hydrogen (secondary N) is 1. The SMILES string of the molecule is Fc1ccc(CNCCc2cccs2)cc1-c1cccs1. The van der Waals surface area contributed by atoms with Gasteiger partial charge in [-0.1, -0.05) is 18.2 Å². The van der Waals surface area contributed by atoms with Gasteiger partial charge in [0.2, 0.25) is 0 Å². The van der Waals surface area contributed by atoms with Crippen molar-refractivity contribution >= 4 is 22.7 Å². The van der Waals surface area contributed by atoms with E-state index < -0.39 is 0 Å². The monoisotopic (exact) mass is 317 g/mol. The van der Waals surface area contributed by atoms with E-state index in [1.807, 2.05) is 29.6 Å². The quantitative estimate of drug-likeness (QED) is 0.634. The lowest BCUT2D eigenvalue weighted by Gasteiger charge is -2.07. The molecule has 0 saturated carbocycles. The van der Waals surface area contributed by atoms with Crippen molar-refractivity contribution in [2.75, 3.05) is 6.54 Å². The maximum absolute atomic E-state index is 13.9. The van der Waals surface area contributed by atoms with Gasteiger partial charge in [0, 0.05) is 28.4 Å². The molecule has 0 bridgehead atoms. The molecule has 4 heteroatoms. The lowest BCUT2D eigenvalue weighted by atomic mass is 10.1. The Bertz CT molecular complexity index is 675. The fourth-order valence-electron chi connectivity index (χ4n) is 2.20. The molecular weight excluding hydrogens is 301 g/mol. The van der Waals surface area contributed by atoms with E-state index in [-0.39, 0.29) is 5.82 Å². The third-order valence-electron chi connectivity index (χ3n) is 3.27. The van der Waals surface area contributed by atoms with E-state index in [0.29, 0.717) is 5.56 Å². The second-order valence-corrected chi connectivity index (χ2v) is 6.78. The summed E-state index contributed by atoms with van der Waals surface area (Å²) >= 11 is 3.35. The molecule has 0 fully saturated rings. The lowest BCUT2D eigenvalue weighted by molar-refractivity contribution is 0.629. The van der Waals surface area contributed by atoms with Crippen molar-refractivity contribution in [1.82, 2.24) is 5.32 Å². The van der Waals surface area contributed by atoms with E-state index in [4.69, 9.17) is 0 Å². The number of benzene rings is 1. The molecule has 0 amide bonds. The molecule has 1 aromatic carbocycles. The number of thiophene rings is 2. The third-order valence-corrected chi connectivity index (χ3v) is 5.11. The van der Waals surface area contributed by atoms with Crippen molar-refractivity contribution in [3.05, 3.63) is 69.5 Å². The molecular formula is C17H16FNS2. The highest BCUT2D eigenvalue weighted by Gasteiger charge is 2.07. The molecule has 0 radical (unpaired) electrons. The molecule has 0 aliphatic carbocycles. The van der Waals surface area contributed by atoms with Crippen molar-refractivity contribution in [2.24, 2.45) is 0 Å². The summed E-state index contributed by atoms with van der Waals surface area (Å²) in [7, 11) is 0. The van der Waals surface area contributed by atoms with Crippen LogP contribution in [-0.4, -0.2) is 6.54 Å². The average molecular weight is 317 g/mol. The zero-order valence-electron chi connectivity index (χ0n) is 11.5. The first-order valence-electron chi connectivity index (χ1n) is 6.88. The molecule has 0 unspecified atom stereocenters. The van der Waals surface area contributed by atoms with E-state index in [1.54, 1.807) is 28.7 Å². The number of hydrogen-bond donors (Lipinski definition) is 1. The Hall–Kier alpha value is -1.49. The predicted octanol–water partition coefficient (Wildman–Crippen LogP) is 4.95. The molecule has 2 heterocycles. The van der Waals surface area contributed by atoms with Crippen LogP contribution in [0.2, 0.25) is 0 Å². The van der Waals surface area contributed by atoms with Crippen LogP contribution < -0.4 is 5.32 Å². The summed E-state index contributed by atoms with van der Waals surface area (Å²) in [6.07, 6.45) is 1.04. The third kappa shape index (κ3) is 3.79. The maximum atomic E-state index is 13.9. The Morgan fingerprint density at radius 2 is 1.86 bits per heavy atom. The normalized spacial score (nSPS) is 10.9. The first-order valence-corrected chi connectivity index (χ1v) is 8.64. The van der Waals surface area contributed by atoms with Crippen LogP contribution in [0, 0.1) is 5.82 Å². The van der Waals surface area contributed by atoms with Crippen LogP contribution in [0.25, 0.3) is 10.4 Å². The molecule has 2 aromatic heterocycles. The highest BCUT2D eigenvalue weighted by atomic mass is 32.1. The highest BCUT2D eigenvalue weighted by molar-refractivity contribution is 7.13. The van der Waals surface area contributed by atoms with Crippen LogP contribution in [0.5, 0.6) is 0 Å². The summed E-state index contributed by atoms with van der Waals surface area (Å²) in [5.74, 6) is -0.153. The summed E-state index contributed by atoms with van der Waals surface area (Å²) in [4.78, 5) is 2.37. The van der Waals surface area contributed by atoms with Crippen molar-refractivity contribution < 1.29 is 4.39 Å². The second-order valence-electron chi connectivity index (χ2n) is 4.80. The predicted molar refractivity (Wildman–Crippen MR) is 89.4 cm³/mol. The molecule has 0 aliphatic rings. The average Bonchev–Trinajstić information content (AvgIpc) is 3.18. The molecule has 1 N–H and O–H groups in total. The molecule has 0 saturated heterocycles. The van der Waals surface area contributed by atoms with Crippen LogP contribution in [0.4, 0.5) is 4.39 Å². The highest BCUT2D eigenvalue weighted by Crippen LogP contribution is 2.28. The molecule has 0 spiro atoms. The summed E-state index contributed by atoms with van der Waals surface area (Å²) in [5, 5.41) is 7.49. The minimum Gasteiger partial charge on any atom is -0.312 e. The molecule has 1 nitrogen and oxygen atoms in total. The largest absolute Gasteiger partial charge is 0.312 e. The van der Waals surface area contributed by atoms with Gasteiger partial charge >= 0.3 is 0 Å². The Kier molecular flexibility index (Phi) is 4.80. The standard InChI is InChI=1S/C17H16FNS2/c18-16-6-5-13(11-15(16)17-4-2-10-21-17)12-19-8-7-14-3-1-9-20-14/h1-6,9-11,19H,7-8,12H2. The fraction of sp³-hybridized carbons (Fsp3) is 0.176. The van der Waals surface area contributed by atoms with E-state index in [1.165, 1.54) is 4.88 Å². The van der Waals surface area contributed by atoms with E-state index >= 15 is 0 Å². The Morgan fingerprint density at radius 1 is 1.00 bits per heavy atom. The summed E-state index contributed by atoms with van der Waals surface area (Å²) < 4.78 is 13.9. The van der Waals surface area contributed by atoms with Crippen LogP contribution in [0.3, 0.4) is 0 Å². The van der Waals surface area contributed by atoms with Crippen molar-refractivity contribution in [2.45, 2.75) is 13.0 Å². The van der Waals surface area contributed by atoms with Gasteiger partial charge in [0.15, 0.2) is 0 Å². The smallest absolute Gasteiger partial charge is 0.131 e. The summed E-state index contributed by atoms with van der Waals surface area (Å²) in [6, 6.07) is 13.5. The second kappa shape index (κ2) is 6.98. The maximum Gasteiger partial charge on any atom is 0.131 e. The zero-order valence-corrected chi connectivity index (χ0v) is 13.1. The number of halogens is 1. The van der Waals surface area contributed by atoms with Crippen LogP contribution >= 0.6 is 22.7 Å². The number of hydrogen-bond acceptors (Lipinski definition) is 3. The van der Waals surface area contributed by atoms with Crippen LogP contribution in [0.1, 0.15) is 10.4 Å². The van der Waals surface area contributed by atoms with Crippen molar-refractivity contribution in [3.8, 4) is 10.4 Å². The molecule has 3 rings (SSSR count). The van der Waals surface area contributed by atoms with E-state index in [9.17, 15) is 4.39 Å². The van der Waals surface area contributed by atoms with Crippen LogP contribution in [-0.2, 0) is 13.0 Å². The Balaban J connectivity index is 1.60. The van der Waals surface area contributed by atoms with Gasteiger partial charge in [-0.25, -0.2) is 4.39 Å². The van der Waals surface area contributed by atoms with Gasteiger partial charge in [-0.3, -0.25) is 0 Å². The lowest BCUT2D eigenvalue weighted by Crippen LogP contribution is -2.16. The first kappa shape index (κ1) is 14.4. The minimum absolute atomic E-state index is 0.153. The van der Waals surface area contributed by atoms with Gasteiger partial charge in [-0.2, -0.15) is 0 Å². The molecule has 21 heavy (non-hydrogen) atoms. The summed E-state index contributed by atoms with van der Waals surface area (Å²) in [5.41, 5.74) is 1.81. The Morgan fingerprint density at radius 3 is 2.62 bits per heavy atom. The van der Waals surface area contributed by atoms with E-state index in [2.05, 4.69) is 22.8 Å². The Labute approximate surface area is 132 Å². The van der Waals surface area contributed by atoms with Crippen molar-refractivity contribution in [1.29, 1.82) is 0 Å². The molecule has 0 atom stereocenters. The van der Waals surface area contributed by atoms with Gasteiger partial charge in [0.1, 0.15) is 5.82 Å². The zero-order chi connectivity index (χ0) is 14.5. The first-order chi connectivity index (χ1) is 10.3. The van der Waals surface area contributed by atoms with Gasteiger partial charge in [-0.05, 0) is 47.0 Å². The van der Waals surface area contributed by atoms with Gasteiger partial charge in [0.05, 0.1) is 0 Å². The van der Waals surface area contributed by atoms with E-state index in [0.717, 1.165) is 30.0 Å². The molecule has 0 aliphatic heterocycles.